The molecule has 7 unspecified atom stereocenters. The van der Waals surface area contributed by atoms with Gasteiger partial charge in [-0.1, -0.05) is 72.5 Å². The summed E-state index contributed by atoms with van der Waals surface area (Å²) < 4.78 is 11.0. The molecule has 0 aromatic heterocycles. The zero-order valence-corrected chi connectivity index (χ0v) is 28.6. The molecule has 1 N–H and O–H groups in total. The van der Waals surface area contributed by atoms with E-state index < -0.39 is 0 Å². The Hall–Kier alpha value is -1.40. The van der Waals surface area contributed by atoms with Gasteiger partial charge < -0.3 is 14.8 Å². The highest BCUT2D eigenvalue weighted by molar-refractivity contribution is 5.81. The zero-order valence-electron chi connectivity index (χ0n) is 28.6. The molecule has 0 aromatic carbocycles. The van der Waals surface area contributed by atoms with Crippen LogP contribution in [0.4, 0.5) is 0 Å². The van der Waals surface area contributed by atoms with Gasteiger partial charge in [-0.15, -0.1) is 0 Å². The van der Waals surface area contributed by atoms with Crippen molar-refractivity contribution in [3.63, 3.8) is 0 Å². The van der Waals surface area contributed by atoms with Crippen molar-refractivity contribution in [2.45, 2.75) is 119 Å². The number of morpholine rings is 1. The average molecular weight is 601 g/mol. The van der Waals surface area contributed by atoms with E-state index in [9.17, 15) is 9.59 Å². The Morgan fingerprint density at radius 2 is 1.84 bits per heavy atom. The number of esters is 1. The Balaban J connectivity index is 1.23. The highest BCUT2D eigenvalue weighted by Gasteiger charge is 2.58. The number of nitrogens with one attached hydrogen (secondary N) is 1. The first-order valence-corrected chi connectivity index (χ1v) is 18.0. The molecule has 6 heteroatoms. The van der Waals surface area contributed by atoms with Gasteiger partial charge in [0.05, 0.1) is 26.2 Å². The Morgan fingerprint density at radius 1 is 1.07 bits per heavy atom. The third-order valence-corrected chi connectivity index (χ3v) is 12.6. The van der Waals surface area contributed by atoms with Gasteiger partial charge in [0.15, 0.2) is 0 Å². The Kier molecular flexibility index (Phi) is 12.6. The van der Waals surface area contributed by atoms with E-state index in [1.165, 1.54) is 56.9 Å². The standard InChI is InChI=1S/C37H64N2O4/c1-7-36(5)29(18-24-43-35(41)16-15-34(40)38-20-21-39-22-25-42-26-23-39)11-12-30-32-14-13-31(28(4)10-8-9-27(2)3)37(32,6)19-17-33(30)36/h11,27-28,30-33H,7-10,12-26H2,1-6H3,(H,38,40). The highest BCUT2D eigenvalue weighted by atomic mass is 16.5. The van der Waals surface area contributed by atoms with Crippen LogP contribution in [-0.2, 0) is 19.1 Å². The van der Waals surface area contributed by atoms with Gasteiger partial charge in [0, 0.05) is 39.0 Å². The number of nitrogens with zero attached hydrogens (tertiary/aromatic N) is 1. The zero-order chi connectivity index (χ0) is 31.0. The monoisotopic (exact) mass is 600 g/mol. The van der Waals surface area contributed by atoms with E-state index >= 15 is 0 Å². The Labute approximate surface area is 263 Å². The predicted molar refractivity (Wildman–Crippen MR) is 175 cm³/mol. The quantitative estimate of drug-likeness (QED) is 0.157. The molecule has 6 nitrogen and oxygen atoms in total. The second-order valence-electron chi connectivity index (χ2n) is 15.4. The minimum Gasteiger partial charge on any atom is -0.465 e. The topological polar surface area (TPSA) is 67.9 Å². The summed E-state index contributed by atoms with van der Waals surface area (Å²) in [6.07, 6.45) is 15.8. The summed E-state index contributed by atoms with van der Waals surface area (Å²) in [5.74, 6) is 4.59. The number of hydrogen-bond acceptors (Lipinski definition) is 5. The predicted octanol–water partition coefficient (Wildman–Crippen LogP) is 7.42. The normalized spacial score (nSPS) is 33.4. The van der Waals surface area contributed by atoms with Crippen LogP contribution in [0.25, 0.3) is 0 Å². The molecule has 0 spiro atoms. The highest BCUT2D eigenvalue weighted by Crippen LogP contribution is 2.66. The summed E-state index contributed by atoms with van der Waals surface area (Å²) in [5, 5.41) is 2.94. The first-order valence-electron chi connectivity index (χ1n) is 18.0. The van der Waals surface area contributed by atoms with Crippen molar-refractivity contribution in [2.75, 3.05) is 46.0 Å². The molecule has 7 atom stereocenters. The average Bonchev–Trinajstić information content (AvgIpc) is 3.35. The molecule has 1 amide bonds. The van der Waals surface area contributed by atoms with E-state index in [4.69, 9.17) is 9.47 Å². The number of ether oxygens (including phenoxy) is 2. The third kappa shape index (κ3) is 8.45. The number of hydrogen-bond donors (Lipinski definition) is 1. The lowest BCUT2D eigenvalue weighted by molar-refractivity contribution is -0.145. The molecule has 1 saturated heterocycles. The van der Waals surface area contributed by atoms with E-state index in [0.29, 0.717) is 18.6 Å². The number of carbonyl (C=O) groups excluding carboxylic acids is 2. The first-order chi connectivity index (χ1) is 20.6. The van der Waals surface area contributed by atoms with Crippen LogP contribution >= 0.6 is 0 Å². The molecular weight excluding hydrogens is 536 g/mol. The van der Waals surface area contributed by atoms with E-state index in [-0.39, 0.29) is 30.1 Å². The van der Waals surface area contributed by atoms with Crippen LogP contribution in [-0.4, -0.2) is 62.8 Å². The van der Waals surface area contributed by atoms with Crippen molar-refractivity contribution in [3.8, 4) is 0 Å². The van der Waals surface area contributed by atoms with E-state index in [1.807, 2.05) is 0 Å². The lowest BCUT2D eigenvalue weighted by Crippen LogP contribution is -2.49. The third-order valence-electron chi connectivity index (χ3n) is 12.6. The second kappa shape index (κ2) is 15.7. The molecular formula is C37H64N2O4. The molecule has 1 heterocycles. The molecule has 0 bridgehead atoms. The van der Waals surface area contributed by atoms with Crippen LogP contribution in [0, 0.1) is 46.3 Å². The molecule has 3 fully saturated rings. The van der Waals surface area contributed by atoms with Gasteiger partial charge in [-0.3, -0.25) is 14.5 Å². The molecule has 1 aliphatic heterocycles. The van der Waals surface area contributed by atoms with Crippen LogP contribution in [0.15, 0.2) is 11.6 Å². The van der Waals surface area contributed by atoms with Gasteiger partial charge in [-0.05, 0) is 84.9 Å². The SMILES string of the molecule is CCC1(C)C(CCOC(=O)CCC(=O)NCCN2CCOCC2)=CCC2C1CCC1(C)C(C(C)CCCC(C)C)CCC21. The number of fused-ring (bicyclic) bond motifs is 3. The molecule has 4 rings (SSSR count). The van der Waals surface area contributed by atoms with Gasteiger partial charge in [0.1, 0.15) is 0 Å². The number of allylic oxidation sites excluding steroid dienone is 1. The van der Waals surface area contributed by atoms with E-state index in [0.717, 1.165) is 81.2 Å². The fraction of sp³-hybridized carbons (Fsp3) is 0.892. The van der Waals surface area contributed by atoms with Crippen LogP contribution in [0.2, 0.25) is 0 Å². The molecule has 246 valence electrons. The lowest BCUT2D eigenvalue weighted by atomic mass is 9.48. The van der Waals surface area contributed by atoms with Crippen molar-refractivity contribution in [1.82, 2.24) is 10.2 Å². The van der Waals surface area contributed by atoms with Gasteiger partial charge in [-0.25, -0.2) is 0 Å². The van der Waals surface area contributed by atoms with Crippen molar-refractivity contribution in [1.29, 1.82) is 0 Å². The summed E-state index contributed by atoms with van der Waals surface area (Å²) in [4.78, 5) is 27.0. The van der Waals surface area contributed by atoms with Crippen molar-refractivity contribution in [2.24, 2.45) is 46.3 Å². The van der Waals surface area contributed by atoms with Crippen molar-refractivity contribution < 1.29 is 19.1 Å². The summed E-state index contributed by atoms with van der Waals surface area (Å²) in [5.41, 5.74) is 2.20. The van der Waals surface area contributed by atoms with E-state index in [2.05, 4.69) is 57.8 Å². The summed E-state index contributed by atoms with van der Waals surface area (Å²) in [6.45, 7) is 20.0. The minimum absolute atomic E-state index is 0.0757. The largest absolute Gasteiger partial charge is 0.465 e. The molecule has 3 aliphatic carbocycles. The number of amides is 1. The fourth-order valence-corrected chi connectivity index (χ4v) is 9.89. The molecule has 2 saturated carbocycles. The summed E-state index contributed by atoms with van der Waals surface area (Å²) in [7, 11) is 0. The van der Waals surface area contributed by atoms with Gasteiger partial charge >= 0.3 is 5.97 Å². The molecule has 43 heavy (non-hydrogen) atoms. The maximum Gasteiger partial charge on any atom is 0.306 e. The molecule has 0 radical (unpaired) electrons. The summed E-state index contributed by atoms with van der Waals surface area (Å²) in [6, 6.07) is 0. The van der Waals surface area contributed by atoms with Crippen LogP contribution in [0.5, 0.6) is 0 Å². The second-order valence-corrected chi connectivity index (χ2v) is 15.4. The summed E-state index contributed by atoms with van der Waals surface area (Å²) >= 11 is 0. The van der Waals surface area contributed by atoms with Gasteiger partial charge in [0.25, 0.3) is 0 Å². The maximum absolute atomic E-state index is 12.5. The van der Waals surface area contributed by atoms with Crippen LogP contribution < -0.4 is 5.32 Å². The minimum atomic E-state index is -0.260. The fourth-order valence-electron chi connectivity index (χ4n) is 9.89. The van der Waals surface area contributed by atoms with Gasteiger partial charge in [-0.2, -0.15) is 0 Å². The maximum atomic E-state index is 12.5. The number of rotatable bonds is 15. The van der Waals surface area contributed by atoms with E-state index in [1.54, 1.807) is 0 Å². The first kappa shape index (κ1) is 34.5. The Morgan fingerprint density at radius 3 is 2.56 bits per heavy atom. The van der Waals surface area contributed by atoms with Gasteiger partial charge in [0.2, 0.25) is 5.91 Å². The van der Waals surface area contributed by atoms with Crippen molar-refractivity contribution in [3.05, 3.63) is 11.6 Å². The van der Waals surface area contributed by atoms with Crippen LogP contribution in [0.3, 0.4) is 0 Å². The van der Waals surface area contributed by atoms with Crippen molar-refractivity contribution >= 4 is 11.9 Å². The lowest BCUT2D eigenvalue weighted by Gasteiger charge is -2.57. The smallest absolute Gasteiger partial charge is 0.306 e. The molecule has 0 aromatic rings. The van der Waals surface area contributed by atoms with Crippen LogP contribution in [0.1, 0.15) is 119 Å². The number of carbonyl (C=O) groups is 2. The molecule has 4 aliphatic rings. The Bertz CT molecular complexity index is 943.